The van der Waals surface area contributed by atoms with Crippen LogP contribution in [0.4, 0.5) is 10.5 Å². The Hall–Kier alpha value is -3.79. The molecule has 0 radical (unpaired) electrons. The van der Waals surface area contributed by atoms with Crippen LogP contribution in [0.1, 0.15) is 39.6 Å². The summed E-state index contributed by atoms with van der Waals surface area (Å²) in [5.74, 6) is 0. The fraction of sp³-hybridized carbons (Fsp3) is 0.179. The van der Waals surface area contributed by atoms with Gasteiger partial charge in [-0.05, 0) is 73.4 Å². The van der Waals surface area contributed by atoms with Crippen LogP contribution >= 0.6 is 0 Å². The molecular weight excluding hydrogens is 394 g/mol. The van der Waals surface area contributed by atoms with Gasteiger partial charge in [-0.3, -0.25) is 0 Å². The van der Waals surface area contributed by atoms with Crippen molar-refractivity contribution >= 4 is 11.7 Å². The second-order valence-corrected chi connectivity index (χ2v) is 8.68. The third-order valence-corrected chi connectivity index (χ3v) is 6.06. The normalized spacial score (nSPS) is 15.0. The first-order valence-electron chi connectivity index (χ1n) is 11.0. The molecule has 0 spiro atoms. The lowest BCUT2D eigenvalue weighted by Crippen LogP contribution is -2.38. The third kappa shape index (κ3) is 3.69. The van der Waals surface area contributed by atoms with Gasteiger partial charge in [0.25, 0.3) is 0 Å². The van der Waals surface area contributed by atoms with Crippen LogP contribution in [0.15, 0.2) is 85.1 Å². The Labute approximate surface area is 189 Å². The minimum Gasteiger partial charge on any atom is -0.318 e. The number of rotatable bonds is 2. The molecule has 4 aromatic rings. The van der Waals surface area contributed by atoms with E-state index in [0.717, 1.165) is 39.3 Å². The number of urea groups is 1. The molecule has 4 nitrogen and oxygen atoms in total. The Kier molecular flexibility index (Phi) is 5.06. The summed E-state index contributed by atoms with van der Waals surface area (Å²) in [5, 5.41) is 3.17. The highest BCUT2D eigenvalue weighted by Gasteiger charge is 2.33. The Morgan fingerprint density at radius 2 is 1.62 bits per heavy atom. The first-order valence-corrected chi connectivity index (χ1v) is 11.0. The summed E-state index contributed by atoms with van der Waals surface area (Å²) in [7, 11) is 0. The summed E-state index contributed by atoms with van der Waals surface area (Å²) >= 11 is 0. The predicted octanol–water partition coefficient (Wildman–Crippen LogP) is 6.54. The van der Waals surface area contributed by atoms with Gasteiger partial charge >= 0.3 is 6.03 Å². The number of hydrogen-bond acceptors (Lipinski definition) is 1. The Balaban J connectivity index is 1.64. The van der Waals surface area contributed by atoms with Gasteiger partial charge in [0.2, 0.25) is 0 Å². The standard InChI is InChI=1S/C28H27N3O/c1-19-8-6-10-22(15-19)27-26-12-7-13-30(26)25-11-5-4-9-23(25)18-31(27)28(32)29-24-16-20(2)14-21(3)17-24/h4-17,27H,18H2,1-3H3,(H,29,32). The van der Waals surface area contributed by atoms with E-state index in [2.05, 4.69) is 83.7 Å². The molecule has 1 aromatic heterocycles. The van der Waals surface area contributed by atoms with Gasteiger partial charge in [0.05, 0.1) is 18.3 Å². The summed E-state index contributed by atoms with van der Waals surface area (Å²) < 4.78 is 2.21. The number of benzene rings is 3. The molecule has 4 heteroatoms. The maximum Gasteiger partial charge on any atom is 0.322 e. The van der Waals surface area contributed by atoms with E-state index in [1.807, 2.05) is 36.9 Å². The zero-order valence-corrected chi connectivity index (χ0v) is 18.7. The molecule has 160 valence electrons. The Morgan fingerprint density at radius 3 is 2.41 bits per heavy atom. The molecule has 32 heavy (non-hydrogen) atoms. The molecule has 5 rings (SSSR count). The highest BCUT2D eigenvalue weighted by molar-refractivity contribution is 5.90. The zero-order chi connectivity index (χ0) is 22.2. The minimum atomic E-state index is -0.205. The quantitative estimate of drug-likeness (QED) is 0.392. The van der Waals surface area contributed by atoms with Crippen molar-refractivity contribution in [1.29, 1.82) is 0 Å². The first-order chi connectivity index (χ1) is 15.5. The molecule has 0 saturated carbocycles. The fourth-order valence-corrected chi connectivity index (χ4v) is 4.77. The molecule has 2 heterocycles. The van der Waals surface area contributed by atoms with Gasteiger partial charge in [-0.25, -0.2) is 4.79 Å². The average molecular weight is 422 g/mol. The number of hydrogen-bond donors (Lipinski definition) is 1. The van der Waals surface area contributed by atoms with E-state index in [-0.39, 0.29) is 12.1 Å². The molecule has 1 unspecified atom stereocenters. The van der Waals surface area contributed by atoms with Gasteiger partial charge in [-0.2, -0.15) is 0 Å². The van der Waals surface area contributed by atoms with Gasteiger partial charge in [0.1, 0.15) is 0 Å². The highest BCUT2D eigenvalue weighted by Crippen LogP contribution is 2.37. The van der Waals surface area contributed by atoms with E-state index >= 15 is 0 Å². The number of nitrogens with one attached hydrogen (secondary N) is 1. The van der Waals surface area contributed by atoms with Crippen LogP contribution in [-0.4, -0.2) is 15.5 Å². The third-order valence-electron chi connectivity index (χ3n) is 6.06. The summed E-state index contributed by atoms with van der Waals surface area (Å²) in [5.41, 5.74) is 8.68. The van der Waals surface area contributed by atoms with Crippen LogP contribution in [0.5, 0.6) is 0 Å². The number of nitrogens with zero attached hydrogens (tertiary/aromatic N) is 2. The summed E-state index contributed by atoms with van der Waals surface area (Å²) in [6.45, 7) is 6.71. The maximum absolute atomic E-state index is 13.8. The largest absolute Gasteiger partial charge is 0.322 e. The lowest BCUT2D eigenvalue weighted by Gasteiger charge is -2.31. The van der Waals surface area contributed by atoms with Crippen LogP contribution in [0.2, 0.25) is 0 Å². The summed E-state index contributed by atoms with van der Waals surface area (Å²) in [6, 6.07) is 26.8. The van der Waals surface area contributed by atoms with Crippen molar-refractivity contribution in [2.45, 2.75) is 33.4 Å². The van der Waals surface area contributed by atoms with Crippen LogP contribution in [-0.2, 0) is 6.54 Å². The molecule has 0 aliphatic carbocycles. The molecule has 0 saturated heterocycles. The van der Waals surface area contributed by atoms with E-state index in [1.165, 1.54) is 5.56 Å². The molecule has 0 bridgehead atoms. The van der Waals surface area contributed by atoms with E-state index in [4.69, 9.17) is 0 Å². The molecule has 1 N–H and O–H groups in total. The molecule has 0 fully saturated rings. The first kappa shape index (κ1) is 20.1. The molecular formula is C28H27N3O. The van der Waals surface area contributed by atoms with Crippen molar-refractivity contribution in [3.05, 3.63) is 119 Å². The molecule has 1 atom stereocenters. The number of fused-ring (bicyclic) bond motifs is 3. The van der Waals surface area contributed by atoms with Crippen molar-refractivity contribution < 1.29 is 4.79 Å². The van der Waals surface area contributed by atoms with E-state index < -0.39 is 0 Å². The topological polar surface area (TPSA) is 37.3 Å². The summed E-state index contributed by atoms with van der Waals surface area (Å²) in [4.78, 5) is 15.7. The second-order valence-electron chi connectivity index (χ2n) is 8.68. The predicted molar refractivity (Wildman–Crippen MR) is 129 cm³/mol. The number of aryl methyl sites for hydroxylation is 3. The number of amides is 2. The summed E-state index contributed by atoms with van der Waals surface area (Å²) in [6.07, 6.45) is 2.09. The number of anilines is 1. The maximum atomic E-state index is 13.8. The van der Waals surface area contributed by atoms with Crippen molar-refractivity contribution in [3.63, 3.8) is 0 Å². The number of aromatic nitrogens is 1. The second kappa shape index (κ2) is 8.04. The fourth-order valence-electron chi connectivity index (χ4n) is 4.77. The Bertz CT molecular complexity index is 1280. The molecule has 1 aliphatic rings. The Morgan fingerprint density at radius 1 is 0.844 bits per heavy atom. The molecule has 2 amide bonds. The lowest BCUT2D eigenvalue weighted by atomic mass is 10.00. The van der Waals surface area contributed by atoms with Crippen molar-refractivity contribution in [1.82, 2.24) is 9.47 Å². The van der Waals surface area contributed by atoms with Crippen molar-refractivity contribution in [2.75, 3.05) is 5.32 Å². The van der Waals surface area contributed by atoms with Crippen LogP contribution in [0.25, 0.3) is 5.69 Å². The van der Waals surface area contributed by atoms with Crippen LogP contribution < -0.4 is 5.32 Å². The van der Waals surface area contributed by atoms with Crippen LogP contribution in [0, 0.1) is 20.8 Å². The van der Waals surface area contributed by atoms with E-state index in [0.29, 0.717) is 6.54 Å². The minimum absolute atomic E-state index is 0.106. The van der Waals surface area contributed by atoms with E-state index in [9.17, 15) is 4.79 Å². The molecule has 3 aromatic carbocycles. The average Bonchev–Trinajstić information content (AvgIpc) is 3.17. The van der Waals surface area contributed by atoms with E-state index in [1.54, 1.807) is 0 Å². The van der Waals surface area contributed by atoms with Gasteiger partial charge in [-0.15, -0.1) is 0 Å². The number of para-hydroxylation sites is 1. The van der Waals surface area contributed by atoms with Gasteiger partial charge in [-0.1, -0.05) is 54.1 Å². The van der Waals surface area contributed by atoms with Crippen molar-refractivity contribution in [2.24, 2.45) is 0 Å². The van der Waals surface area contributed by atoms with Crippen molar-refractivity contribution in [3.8, 4) is 5.69 Å². The lowest BCUT2D eigenvalue weighted by molar-refractivity contribution is 0.194. The SMILES string of the molecule is Cc1cc(C)cc(NC(=O)N2Cc3ccccc3-n3cccc3C2c2cccc(C)c2)c1. The van der Waals surface area contributed by atoms with Crippen LogP contribution in [0.3, 0.4) is 0 Å². The highest BCUT2D eigenvalue weighted by atomic mass is 16.2. The van der Waals surface area contributed by atoms with Gasteiger partial charge in [0.15, 0.2) is 0 Å². The number of carbonyl (C=O) groups is 1. The van der Waals surface area contributed by atoms with Gasteiger partial charge in [0, 0.05) is 17.6 Å². The number of carbonyl (C=O) groups excluding carboxylic acids is 1. The zero-order valence-electron chi connectivity index (χ0n) is 18.7. The van der Waals surface area contributed by atoms with Gasteiger partial charge < -0.3 is 14.8 Å². The molecule has 1 aliphatic heterocycles. The smallest absolute Gasteiger partial charge is 0.318 e. The monoisotopic (exact) mass is 421 g/mol.